The second-order valence-electron chi connectivity index (χ2n) is 7.03. The van der Waals surface area contributed by atoms with Gasteiger partial charge in [0.15, 0.2) is 0 Å². The van der Waals surface area contributed by atoms with Crippen LogP contribution in [0.1, 0.15) is 62.5 Å². The van der Waals surface area contributed by atoms with Crippen LogP contribution in [0.3, 0.4) is 0 Å². The maximum atomic E-state index is 11.7. The molecule has 2 aromatic rings. The van der Waals surface area contributed by atoms with E-state index in [9.17, 15) is 9.59 Å². The van der Waals surface area contributed by atoms with Crippen LogP contribution < -0.4 is 10.9 Å². The van der Waals surface area contributed by atoms with E-state index in [-0.39, 0.29) is 11.8 Å². The highest BCUT2D eigenvalue weighted by atomic mass is 16.2. The molecule has 158 valence electrons. The van der Waals surface area contributed by atoms with E-state index < -0.39 is 0 Å². The Morgan fingerprint density at radius 2 is 0.967 bits per heavy atom. The highest BCUT2D eigenvalue weighted by molar-refractivity contribution is 5.82. The first-order valence-corrected chi connectivity index (χ1v) is 10.5. The van der Waals surface area contributed by atoms with E-state index in [2.05, 4.69) is 21.1 Å². The van der Waals surface area contributed by atoms with E-state index in [1.807, 2.05) is 60.7 Å². The first kappa shape index (κ1) is 23.0. The number of hydrazone groups is 2. The predicted octanol–water partition coefficient (Wildman–Crippen LogP) is 4.41. The Labute approximate surface area is 178 Å². The van der Waals surface area contributed by atoms with Crippen LogP contribution in [-0.2, 0) is 9.59 Å². The van der Waals surface area contributed by atoms with Gasteiger partial charge >= 0.3 is 0 Å². The molecule has 0 heterocycles. The number of carbonyl (C=O) groups is 2. The lowest BCUT2D eigenvalue weighted by molar-refractivity contribution is -0.122. The molecule has 0 bridgehead atoms. The molecule has 2 N–H and O–H groups in total. The molecule has 30 heavy (non-hydrogen) atoms. The standard InChI is InChI=1S/C24H30N4O2/c29-23(27-25-19-21-13-7-5-8-14-21)17-11-3-1-2-4-12-18-24(30)28-26-20-22-15-9-6-10-16-22/h5-10,13-16,19-20H,1-4,11-12,17-18H2,(H,27,29)(H,28,30)/b25-19-,26-20-. The van der Waals surface area contributed by atoms with Crippen molar-refractivity contribution in [1.29, 1.82) is 0 Å². The normalized spacial score (nSPS) is 11.1. The molecule has 0 saturated carbocycles. The van der Waals surface area contributed by atoms with Crippen molar-refractivity contribution in [3.8, 4) is 0 Å². The number of rotatable bonds is 13. The van der Waals surface area contributed by atoms with Crippen LogP contribution >= 0.6 is 0 Å². The van der Waals surface area contributed by atoms with Crippen molar-refractivity contribution >= 4 is 24.2 Å². The highest BCUT2D eigenvalue weighted by Gasteiger charge is 2.01. The van der Waals surface area contributed by atoms with Gasteiger partial charge in [0.05, 0.1) is 12.4 Å². The van der Waals surface area contributed by atoms with Crippen LogP contribution in [0.15, 0.2) is 70.9 Å². The fourth-order valence-corrected chi connectivity index (χ4v) is 2.83. The number of nitrogens with zero attached hydrogens (tertiary/aromatic N) is 2. The summed E-state index contributed by atoms with van der Waals surface area (Å²) in [6.45, 7) is 0. The third-order valence-corrected chi connectivity index (χ3v) is 4.46. The van der Waals surface area contributed by atoms with Gasteiger partial charge in [0.1, 0.15) is 0 Å². The summed E-state index contributed by atoms with van der Waals surface area (Å²) in [5.74, 6) is -0.121. The van der Waals surface area contributed by atoms with Gasteiger partial charge in [0.25, 0.3) is 0 Å². The van der Waals surface area contributed by atoms with Crippen molar-refractivity contribution in [3.05, 3.63) is 71.8 Å². The Bertz CT molecular complexity index is 735. The van der Waals surface area contributed by atoms with Crippen LogP contribution in [-0.4, -0.2) is 24.2 Å². The Morgan fingerprint density at radius 1 is 0.600 bits per heavy atom. The number of hydrogen-bond acceptors (Lipinski definition) is 4. The van der Waals surface area contributed by atoms with E-state index in [4.69, 9.17) is 0 Å². The molecule has 0 aliphatic rings. The largest absolute Gasteiger partial charge is 0.273 e. The van der Waals surface area contributed by atoms with Crippen LogP contribution in [0.25, 0.3) is 0 Å². The quantitative estimate of drug-likeness (QED) is 0.293. The lowest BCUT2D eigenvalue weighted by atomic mass is 10.1. The summed E-state index contributed by atoms with van der Waals surface area (Å²) >= 11 is 0. The van der Waals surface area contributed by atoms with Gasteiger partial charge < -0.3 is 0 Å². The average Bonchev–Trinajstić information content (AvgIpc) is 2.77. The molecule has 2 amide bonds. The van der Waals surface area contributed by atoms with E-state index in [1.54, 1.807) is 12.4 Å². The van der Waals surface area contributed by atoms with Crippen molar-refractivity contribution in [3.63, 3.8) is 0 Å². The van der Waals surface area contributed by atoms with Gasteiger partial charge in [0.2, 0.25) is 11.8 Å². The van der Waals surface area contributed by atoms with E-state index in [0.717, 1.165) is 49.7 Å². The number of benzene rings is 2. The Morgan fingerprint density at radius 3 is 1.37 bits per heavy atom. The smallest absolute Gasteiger partial charge is 0.240 e. The molecule has 6 heteroatoms. The van der Waals surface area contributed by atoms with Crippen molar-refractivity contribution in [2.24, 2.45) is 10.2 Å². The molecule has 0 saturated heterocycles. The molecule has 0 atom stereocenters. The van der Waals surface area contributed by atoms with Crippen LogP contribution in [0.5, 0.6) is 0 Å². The van der Waals surface area contributed by atoms with Crippen molar-refractivity contribution in [2.75, 3.05) is 0 Å². The first-order chi connectivity index (χ1) is 14.7. The number of hydrogen-bond donors (Lipinski definition) is 2. The fraction of sp³-hybridized carbons (Fsp3) is 0.333. The molecule has 0 radical (unpaired) electrons. The third-order valence-electron chi connectivity index (χ3n) is 4.46. The molecule has 2 rings (SSSR count). The molecule has 2 aromatic carbocycles. The Hall–Kier alpha value is -3.28. The van der Waals surface area contributed by atoms with Crippen LogP contribution in [0.2, 0.25) is 0 Å². The molecular weight excluding hydrogens is 376 g/mol. The summed E-state index contributed by atoms with van der Waals surface area (Å²) in [6, 6.07) is 19.3. The molecule has 0 aliphatic carbocycles. The summed E-state index contributed by atoms with van der Waals surface area (Å²) in [6.07, 6.45) is 10.1. The second-order valence-corrected chi connectivity index (χ2v) is 7.03. The van der Waals surface area contributed by atoms with Gasteiger partial charge in [-0.3, -0.25) is 9.59 Å². The summed E-state index contributed by atoms with van der Waals surface area (Å²) < 4.78 is 0. The lowest BCUT2D eigenvalue weighted by Gasteiger charge is -2.02. The van der Waals surface area contributed by atoms with Gasteiger partial charge in [-0.2, -0.15) is 10.2 Å². The molecule has 0 spiro atoms. The monoisotopic (exact) mass is 406 g/mol. The zero-order valence-electron chi connectivity index (χ0n) is 17.3. The third kappa shape index (κ3) is 10.9. The van der Waals surface area contributed by atoms with Gasteiger partial charge in [-0.1, -0.05) is 86.3 Å². The fourth-order valence-electron chi connectivity index (χ4n) is 2.83. The lowest BCUT2D eigenvalue weighted by Crippen LogP contribution is -2.17. The zero-order valence-corrected chi connectivity index (χ0v) is 17.3. The number of carbonyl (C=O) groups excluding carboxylic acids is 2. The van der Waals surface area contributed by atoms with Crippen molar-refractivity contribution in [1.82, 2.24) is 10.9 Å². The molecule has 6 nitrogen and oxygen atoms in total. The van der Waals surface area contributed by atoms with Gasteiger partial charge in [-0.05, 0) is 24.0 Å². The minimum Gasteiger partial charge on any atom is -0.273 e. The SMILES string of the molecule is O=C(CCCCCCCCC(=O)N/N=C\c1ccccc1)N/N=C\c1ccccc1. The molecule has 0 aromatic heterocycles. The summed E-state index contributed by atoms with van der Waals surface area (Å²) in [5, 5.41) is 7.93. The maximum Gasteiger partial charge on any atom is 0.240 e. The minimum absolute atomic E-state index is 0.0603. The summed E-state index contributed by atoms with van der Waals surface area (Å²) in [5.41, 5.74) is 7.02. The molecule has 0 unspecified atom stereocenters. The average molecular weight is 407 g/mol. The zero-order chi connectivity index (χ0) is 21.3. The van der Waals surface area contributed by atoms with Crippen molar-refractivity contribution in [2.45, 2.75) is 51.4 Å². The Kier molecular flexibility index (Phi) is 11.3. The highest BCUT2D eigenvalue weighted by Crippen LogP contribution is 2.08. The van der Waals surface area contributed by atoms with E-state index >= 15 is 0 Å². The summed E-state index contributed by atoms with van der Waals surface area (Å²) in [4.78, 5) is 23.5. The van der Waals surface area contributed by atoms with Crippen LogP contribution in [0, 0.1) is 0 Å². The van der Waals surface area contributed by atoms with Gasteiger partial charge in [-0.15, -0.1) is 0 Å². The predicted molar refractivity (Wildman–Crippen MR) is 121 cm³/mol. The number of nitrogens with one attached hydrogen (secondary N) is 2. The summed E-state index contributed by atoms with van der Waals surface area (Å²) in [7, 11) is 0. The molecule has 0 fully saturated rings. The van der Waals surface area contributed by atoms with Gasteiger partial charge in [0, 0.05) is 12.8 Å². The number of amides is 2. The van der Waals surface area contributed by atoms with E-state index in [1.165, 1.54) is 0 Å². The minimum atomic E-state index is -0.0603. The van der Waals surface area contributed by atoms with Crippen molar-refractivity contribution < 1.29 is 9.59 Å². The van der Waals surface area contributed by atoms with Crippen LogP contribution in [0.4, 0.5) is 0 Å². The Balaban J connectivity index is 1.41. The maximum absolute atomic E-state index is 11.7. The van der Waals surface area contributed by atoms with E-state index in [0.29, 0.717) is 12.8 Å². The molecule has 0 aliphatic heterocycles. The topological polar surface area (TPSA) is 82.9 Å². The molecular formula is C24H30N4O2. The number of unbranched alkanes of at least 4 members (excludes halogenated alkanes) is 5. The first-order valence-electron chi connectivity index (χ1n) is 10.5. The second kappa shape index (κ2) is 14.7. The van der Waals surface area contributed by atoms with Gasteiger partial charge in [-0.25, -0.2) is 10.9 Å².